The number of aromatic nitrogens is 1. The smallest absolute Gasteiger partial charge is 0.387 e. The number of nitrogens with zero attached hydrogens (tertiary/aromatic N) is 1. The van der Waals surface area contributed by atoms with E-state index >= 15 is 0 Å². The van der Waals surface area contributed by atoms with Gasteiger partial charge in [-0.1, -0.05) is 0 Å². The predicted molar refractivity (Wildman–Crippen MR) is 78.6 cm³/mol. The topological polar surface area (TPSA) is 62.4 Å². The Hall–Kier alpha value is -2.70. The molecule has 2 heterocycles. The van der Waals surface area contributed by atoms with Crippen LogP contribution in [-0.4, -0.2) is 28.9 Å². The van der Waals surface area contributed by atoms with Crippen LogP contribution in [0.3, 0.4) is 0 Å². The predicted octanol–water partition coefficient (Wildman–Crippen LogP) is 2.17. The maximum Gasteiger partial charge on any atom is 0.387 e. The molecule has 0 fully saturated rings. The average molecular weight is 320 g/mol. The van der Waals surface area contributed by atoms with Crippen molar-refractivity contribution in [3.8, 4) is 5.75 Å². The number of halogens is 2. The van der Waals surface area contributed by atoms with E-state index in [4.69, 9.17) is 0 Å². The summed E-state index contributed by atoms with van der Waals surface area (Å²) in [7, 11) is 0. The van der Waals surface area contributed by atoms with Gasteiger partial charge in [0.2, 0.25) is 5.56 Å². The molecular formula is C16H14F2N2O3. The first-order valence-electron chi connectivity index (χ1n) is 7.07. The molecule has 0 aliphatic carbocycles. The van der Waals surface area contributed by atoms with Gasteiger partial charge in [0.15, 0.2) is 0 Å². The van der Waals surface area contributed by atoms with Crippen LogP contribution in [-0.2, 0) is 13.0 Å². The number of carbonyl (C=O) groups excluding carboxylic acids is 1. The zero-order valence-electron chi connectivity index (χ0n) is 12.1. The number of pyridine rings is 1. The van der Waals surface area contributed by atoms with E-state index in [0.29, 0.717) is 25.1 Å². The number of aromatic amines is 1. The molecule has 0 unspecified atom stereocenters. The molecule has 1 aromatic heterocycles. The third-order valence-corrected chi connectivity index (χ3v) is 3.73. The number of carbonyl (C=O) groups is 1. The highest BCUT2D eigenvalue weighted by Crippen LogP contribution is 2.20. The second-order valence-electron chi connectivity index (χ2n) is 5.23. The maximum atomic E-state index is 12.5. The normalized spacial score (nSPS) is 13.8. The van der Waals surface area contributed by atoms with Crippen molar-refractivity contribution in [2.24, 2.45) is 0 Å². The van der Waals surface area contributed by atoms with E-state index in [2.05, 4.69) is 9.72 Å². The molecule has 1 amide bonds. The summed E-state index contributed by atoms with van der Waals surface area (Å²) in [6.07, 6.45) is 2.23. The Morgan fingerprint density at radius 2 is 1.96 bits per heavy atom. The molecule has 0 bridgehead atoms. The van der Waals surface area contributed by atoms with E-state index in [1.54, 1.807) is 17.2 Å². The van der Waals surface area contributed by atoms with Crippen molar-refractivity contribution in [3.63, 3.8) is 0 Å². The summed E-state index contributed by atoms with van der Waals surface area (Å²) in [5.41, 5.74) is 2.10. The summed E-state index contributed by atoms with van der Waals surface area (Å²) in [6.45, 7) is -1.98. The van der Waals surface area contributed by atoms with Gasteiger partial charge in [0.1, 0.15) is 5.75 Å². The van der Waals surface area contributed by atoms with Crippen molar-refractivity contribution in [1.82, 2.24) is 9.88 Å². The van der Waals surface area contributed by atoms with E-state index in [9.17, 15) is 18.4 Å². The van der Waals surface area contributed by atoms with Gasteiger partial charge < -0.3 is 14.6 Å². The van der Waals surface area contributed by atoms with Crippen LogP contribution in [0.15, 0.2) is 41.3 Å². The number of hydrogen-bond donors (Lipinski definition) is 1. The minimum atomic E-state index is -2.89. The summed E-state index contributed by atoms with van der Waals surface area (Å²) in [6, 6.07) is 7.15. The molecule has 2 aromatic rings. The van der Waals surface area contributed by atoms with Gasteiger partial charge in [-0.05, 0) is 41.8 Å². The lowest BCUT2D eigenvalue weighted by molar-refractivity contribution is -0.0498. The van der Waals surface area contributed by atoms with E-state index in [0.717, 1.165) is 11.1 Å². The first kappa shape index (κ1) is 15.2. The van der Waals surface area contributed by atoms with Crippen molar-refractivity contribution in [1.29, 1.82) is 0 Å². The lowest BCUT2D eigenvalue weighted by Crippen LogP contribution is -2.36. The monoisotopic (exact) mass is 320 g/mol. The van der Waals surface area contributed by atoms with Crippen molar-refractivity contribution < 1.29 is 18.3 Å². The van der Waals surface area contributed by atoms with Crippen molar-refractivity contribution in [3.05, 3.63) is 63.6 Å². The summed E-state index contributed by atoms with van der Waals surface area (Å²) in [5, 5.41) is 0. The molecule has 23 heavy (non-hydrogen) atoms. The van der Waals surface area contributed by atoms with Gasteiger partial charge in [0, 0.05) is 30.9 Å². The third kappa shape index (κ3) is 3.39. The molecular weight excluding hydrogens is 306 g/mol. The van der Waals surface area contributed by atoms with E-state index in [1.807, 2.05) is 0 Å². The zero-order valence-corrected chi connectivity index (χ0v) is 12.1. The summed E-state index contributed by atoms with van der Waals surface area (Å²) < 4.78 is 28.5. The van der Waals surface area contributed by atoms with Crippen LogP contribution < -0.4 is 10.3 Å². The minimum absolute atomic E-state index is 0.0121. The van der Waals surface area contributed by atoms with Crippen molar-refractivity contribution in [2.45, 2.75) is 19.6 Å². The Balaban J connectivity index is 1.74. The number of H-pyrrole nitrogens is 1. The molecule has 0 atom stereocenters. The van der Waals surface area contributed by atoms with Gasteiger partial charge in [-0.25, -0.2) is 0 Å². The second-order valence-corrected chi connectivity index (χ2v) is 5.23. The van der Waals surface area contributed by atoms with E-state index < -0.39 is 6.61 Å². The summed E-state index contributed by atoms with van der Waals surface area (Å²) >= 11 is 0. The van der Waals surface area contributed by atoms with Gasteiger partial charge >= 0.3 is 6.61 Å². The number of rotatable bonds is 3. The number of fused-ring (bicyclic) bond motifs is 1. The molecule has 120 valence electrons. The SMILES string of the molecule is O=C(c1ccc(OC(F)F)cc1)N1CCc2cc(=O)[nH]cc2C1. The van der Waals surface area contributed by atoms with Crippen LogP contribution in [0, 0.1) is 0 Å². The molecule has 1 aromatic carbocycles. The van der Waals surface area contributed by atoms with Gasteiger partial charge in [-0.2, -0.15) is 8.78 Å². The van der Waals surface area contributed by atoms with E-state index in [1.165, 1.54) is 24.3 Å². The van der Waals surface area contributed by atoms with Crippen LogP contribution in [0.5, 0.6) is 5.75 Å². The zero-order chi connectivity index (χ0) is 16.4. The quantitative estimate of drug-likeness (QED) is 0.943. The second kappa shape index (κ2) is 6.20. The van der Waals surface area contributed by atoms with Gasteiger partial charge in [-0.15, -0.1) is 0 Å². The number of hydrogen-bond acceptors (Lipinski definition) is 3. The molecule has 0 spiro atoms. The number of ether oxygens (including phenoxy) is 1. The van der Waals surface area contributed by atoms with Gasteiger partial charge in [0.25, 0.3) is 5.91 Å². The first-order chi connectivity index (χ1) is 11.0. The Morgan fingerprint density at radius 3 is 2.65 bits per heavy atom. The Morgan fingerprint density at radius 1 is 1.22 bits per heavy atom. The number of benzene rings is 1. The number of alkyl halides is 2. The van der Waals surface area contributed by atoms with Crippen molar-refractivity contribution >= 4 is 5.91 Å². The maximum absolute atomic E-state index is 12.5. The van der Waals surface area contributed by atoms with Gasteiger partial charge in [0.05, 0.1) is 0 Å². The van der Waals surface area contributed by atoms with Gasteiger partial charge in [-0.3, -0.25) is 9.59 Å². The molecule has 3 rings (SSSR count). The molecule has 1 N–H and O–H groups in total. The largest absolute Gasteiger partial charge is 0.435 e. The van der Waals surface area contributed by atoms with Crippen LogP contribution in [0.1, 0.15) is 21.5 Å². The minimum Gasteiger partial charge on any atom is -0.435 e. The number of amides is 1. The summed E-state index contributed by atoms with van der Waals surface area (Å²) in [4.78, 5) is 28.0. The van der Waals surface area contributed by atoms with Crippen molar-refractivity contribution in [2.75, 3.05) is 6.54 Å². The highest BCUT2D eigenvalue weighted by Gasteiger charge is 2.22. The molecule has 1 aliphatic heterocycles. The lowest BCUT2D eigenvalue weighted by Gasteiger charge is -2.28. The van der Waals surface area contributed by atoms with Crippen LogP contribution in [0.2, 0.25) is 0 Å². The Kier molecular flexibility index (Phi) is 4.10. The molecule has 0 saturated heterocycles. The fourth-order valence-electron chi connectivity index (χ4n) is 2.60. The average Bonchev–Trinajstić information content (AvgIpc) is 2.54. The van der Waals surface area contributed by atoms with Crippen LogP contribution in [0.4, 0.5) is 8.78 Å². The Labute approximate surface area is 130 Å². The van der Waals surface area contributed by atoms with E-state index in [-0.39, 0.29) is 17.2 Å². The third-order valence-electron chi connectivity index (χ3n) is 3.73. The molecule has 0 radical (unpaired) electrons. The highest BCUT2D eigenvalue weighted by atomic mass is 19.3. The standard InChI is InChI=1S/C16H14F2N2O3/c17-16(18)23-13-3-1-10(2-4-13)15(22)20-6-5-11-7-14(21)19-8-12(11)9-20/h1-4,7-8,16H,5-6,9H2,(H,19,21). The highest BCUT2D eigenvalue weighted by molar-refractivity contribution is 5.94. The Bertz CT molecular complexity index is 772. The summed E-state index contributed by atoms with van der Waals surface area (Å²) in [5.74, 6) is -0.177. The molecule has 7 heteroatoms. The molecule has 1 aliphatic rings. The van der Waals surface area contributed by atoms with Crippen LogP contribution >= 0.6 is 0 Å². The fourth-order valence-corrected chi connectivity index (χ4v) is 2.60. The number of nitrogens with one attached hydrogen (secondary N) is 1. The first-order valence-corrected chi connectivity index (χ1v) is 7.07. The molecule has 0 saturated carbocycles. The van der Waals surface area contributed by atoms with Crippen LogP contribution in [0.25, 0.3) is 0 Å². The lowest BCUT2D eigenvalue weighted by atomic mass is 10.0. The molecule has 5 nitrogen and oxygen atoms in total. The fraction of sp³-hybridized carbons (Fsp3) is 0.250.